The Bertz CT molecular complexity index is 552. The Morgan fingerprint density at radius 3 is 2.78 bits per heavy atom. The van der Waals surface area contributed by atoms with Crippen LogP contribution in [0.5, 0.6) is 5.75 Å². The number of nitrogens with one attached hydrogen (secondary N) is 1. The lowest BCUT2D eigenvalue weighted by Crippen LogP contribution is -2.42. The first-order valence-corrected chi connectivity index (χ1v) is 8.18. The zero-order valence-corrected chi connectivity index (χ0v) is 14.6. The minimum absolute atomic E-state index is 0.0185. The van der Waals surface area contributed by atoms with Crippen LogP contribution in [0.15, 0.2) is 18.2 Å². The molecule has 1 aliphatic heterocycles. The van der Waals surface area contributed by atoms with Gasteiger partial charge in [-0.1, -0.05) is 6.07 Å². The highest BCUT2D eigenvalue weighted by molar-refractivity contribution is 5.73. The molecule has 2 rings (SSSR count). The highest BCUT2D eigenvalue weighted by Gasteiger charge is 2.18. The normalized spacial score (nSPS) is 16.0. The lowest BCUT2D eigenvalue weighted by atomic mass is 9.99. The van der Waals surface area contributed by atoms with E-state index >= 15 is 0 Å². The van der Waals surface area contributed by atoms with Crippen molar-refractivity contribution in [1.29, 1.82) is 0 Å². The maximum Gasteiger partial charge on any atom is 0.219 e. The molecule has 1 atom stereocenters. The van der Waals surface area contributed by atoms with Gasteiger partial charge in [0.25, 0.3) is 0 Å². The first kappa shape index (κ1) is 17.8. The van der Waals surface area contributed by atoms with Crippen molar-refractivity contribution in [2.75, 3.05) is 19.7 Å². The van der Waals surface area contributed by atoms with Gasteiger partial charge in [0.15, 0.2) is 0 Å². The van der Waals surface area contributed by atoms with Gasteiger partial charge < -0.3 is 20.1 Å². The molecule has 1 aromatic rings. The van der Waals surface area contributed by atoms with Gasteiger partial charge in [-0.2, -0.15) is 0 Å². The van der Waals surface area contributed by atoms with E-state index in [1.807, 2.05) is 23.1 Å². The van der Waals surface area contributed by atoms with E-state index in [2.05, 4.69) is 26.1 Å². The van der Waals surface area contributed by atoms with E-state index in [-0.39, 0.29) is 18.1 Å². The molecule has 0 bridgehead atoms. The van der Waals surface area contributed by atoms with E-state index in [1.165, 1.54) is 11.1 Å². The Morgan fingerprint density at radius 1 is 1.39 bits per heavy atom. The second kappa shape index (κ2) is 7.32. The molecule has 0 radical (unpaired) electrons. The van der Waals surface area contributed by atoms with Gasteiger partial charge in [0.2, 0.25) is 5.91 Å². The molecule has 1 unspecified atom stereocenters. The number of β-amino-alcohol motifs (C(OH)–C–C–N with tert-alkyl or cyclic N) is 1. The summed E-state index contributed by atoms with van der Waals surface area (Å²) in [7, 11) is 0. The van der Waals surface area contributed by atoms with Crippen LogP contribution >= 0.6 is 0 Å². The number of carbonyl (C=O) groups is 1. The van der Waals surface area contributed by atoms with E-state index in [9.17, 15) is 9.90 Å². The van der Waals surface area contributed by atoms with E-state index in [0.29, 0.717) is 13.1 Å². The van der Waals surface area contributed by atoms with E-state index in [0.717, 1.165) is 18.7 Å². The number of amides is 1. The number of rotatable bonds is 5. The van der Waals surface area contributed by atoms with Gasteiger partial charge in [-0.15, -0.1) is 0 Å². The summed E-state index contributed by atoms with van der Waals surface area (Å²) in [6.07, 6.45) is 0.304. The third-order valence-electron chi connectivity index (χ3n) is 3.95. The number of carbonyl (C=O) groups excluding carboxylic acids is 1. The average molecular weight is 320 g/mol. The highest BCUT2D eigenvalue weighted by atomic mass is 16.5. The number of hydrogen-bond acceptors (Lipinski definition) is 4. The van der Waals surface area contributed by atoms with Crippen LogP contribution < -0.4 is 10.1 Å². The molecule has 0 saturated carbocycles. The molecule has 5 heteroatoms. The third-order valence-corrected chi connectivity index (χ3v) is 3.95. The summed E-state index contributed by atoms with van der Waals surface area (Å²) in [6, 6.07) is 5.95. The maximum absolute atomic E-state index is 11.5. The van der Waals surface area contributed by atoms with E-state index in [1.54, 1.807) is 6.92 Å². The molecule has 128 valence electrons. The van der Waals surface area contributed by atoms with Gasteiger partial charge >= 0.3 is 0 Å². The second-order valence-electron chi connectivity index (χ2n) is 7.22. The van der Waals surface area contributed by atoms with Crippen molar-refractivity contribution in [3.63, 3.8) is 0 Å². The van der Waals surface area contributed by atoms with Crippen LogP contribution in [0.4, 0.5) is 0 Å². The molecule has 0 aliphatic carbocycles. The maximum atomic E-state index is 11.5. The van der Waals surface area contributed by atoms with Crippen LogP contribution in [0.2, 0.25) is 0 Å². The molecule has 1 amide bonds. The lowest BCUT2D eigenvalue weighted by molar-refractivity contribution is -0.129. The predicted molar refractivity (Wildman–Crippen MR) is 90.5 cm³/mol. The molecular formula is C18H28N2O3. The number of aliphatic hydroxyl groups excluding tert-OH is 1. The van der Waals surface area contributed by atoms with Gasteiger partial charge in [-0.3, -0.25) is 4.79 Å². The van der Waals surface area contributed by atoms with Crippen molar-refractivity contribution in [1.82, 2.24) is 10.2 Å². The van der Waals surface area contributed by atoms with Gasteiger partial charge in [0.05, 0.1) is 0 Å². The molecular weight excluding hydrogens is 292 g/mol. The first-order chi connectivity index (χ1) is 10.7. The summed E-state index contributed by atoms with van der Waals surface area (Å²) in [5.41, 5.74) is 2.38. The van der Waals surface area contributed by atoms with Crippen LogP contribution in [0, 0.1) is 0 Å². The topological polar surface area (TPSA) is 61.8 Å². The Morgan fingerprint density at radius 2 is 2.13 bits per heavy atom. The summed E-state index contributed by atoms with van der Waals surface area (Å²) in [4.78, 5) is 13.3. The van der Waals surface area contributed by atoms with Crippen molar-refractivity contribution in [2.45, 2.75) is 52.3 Å². The number of hydrogen-bond donors (Lipinski definition) is 2. The second-order valence-corrected chi connectivity index (χ2v) is 7.22. The van der Waals surface area contributed by atoms with Crippen molar-refractivity contribution < 1.29 is 14.6 Å². The minimum atomic E-state index is -0.543. The largest absolute Gasteiger partial charge is 0.491 e. The quantitative estimate of drug-likeness (QED) is 0.867. The summed E-state index contributed by atoms with van der Waals surface area (Å²) in [5.74, 6) is 0.889. The number of aliphatic hydroxyl groups is 1. The Labute approximate surface area is 138 Å². The lowest BCUT2D eigenvalue weighted by Gasteiger charge is -2.28. The van der Waals surface area contributed by atoms with Gasteiger partial charge in [-0.25, -0.2) is 0 Å². The molecule has 1 aliphatic rings. The fourth-order valence-electron chi connectivity index (χ4n) is 2.56. The molecule has 0 spiro atoms. The highest BCUT2D eigenvalue weighted by Crippen LogP contribution is 2.24. The molecule has 2 N–H and O–H groups in total. The number of ether oxygens (including phenoxy) is 1. The Balaban J connectivity index is 1.87. The Kier molecular flexibility index (Phi) is 5.65. The van der Waals surface area contributed by atoms with E-state index < -0.39 is 6.10 Å². The first-order valence-electron chi connectivity index (χ1n) is 8.18. The average Bonchev–Trinajstić information content (AvgIpc) is 2.49. The van der Waals surface area contributed by atoms with Crippen molar-refractivity contribution >= 4 is 5.91 Å². The zero-order chi connectivity index (χ0) is 17.0. The monoisotopic (exact) mass is 320 g/mol. The fraction of sp³-hybridized carbons (Fsp3) is 0.611. The smallest absolute Gasteiger partial charge is 0.219 e. The van der Waals surface area contributed by atoms with Crippen LogP contribution in [0.25, 0.3) is 0 Å². The third kappa shape index (κ3) is 5.52. The summed E-state index contributed by atoms with van der Waals surface area (Å²) in [6.45, 7) is 9.99. The van der Waals surface area contributed by atoms with Crippen LogP contribution in [-0.2, 0) is 17.8 Å². The van der Waals surface area contributed by atoms with Crippen molar-refractivity contribution in [3.8, 4) is 5.75 Å². The molecule has 1 aromatic carbocycles. The summed E-state index contributed by atoms with van der Waals surface area (Å²) in [5, 5.41) is 13.2. The molecule has 0 saturated heterocycles. The summed E-state index contributed by atoms with van der Waals surface area (Å²) >= 11 is 0. The van der Waals surface area contributed by atoms with E-state index in [4.69, 9.17) is 4.74 Å². The van der Waals surface area contributed by atoms with Gasteiger partial charge in [-0.05, 0) is 50.5 Å². The van der Waals surface area contributed by atoms with Crippen molar-refractivity contribution in [2.24, 2.45) is 0 Å². The van der Waals surface area contributed by atoms with Crippen LogP contribution in [-0.4, -0.2) is 47.3 Å². The zero-order valence-electron chi connectivity index (χ0n) is 14.6. The molecule has 0 fully saturated rings. The standard InChI is InChI=1S/C18H28N2O3/c1-13(21)20-8-7-14-9-17(6-5-15(14)11-20)23-12-16(22)10-19-18(2,3)4/h5-6,9,16,19,22H,7-8,10-12H2,1-4H3. The van der Waals surface area contributed by atoms with Gasteiger partial charge in [0.1, 0.15) is 18.5 Å². The number of benzene rings is 1. The molecule has 23 heavy (non-hydrogen) atoms. The Hall–Kier alpha value is -1.59. The summed E-state index contributed by atoms with van der Waals surface area (Å²) < 4.78 is 5.70. The fourth-order valence-corrected chi connectivity index (χ4v) is 2.56. The van der Waals surface area contributed by atoms with Crippen LogP contribution in [0.3, 0.4) is 0 Å². The molecule has 1 heterocycles. The van der Waals surface area contributed by atoms with Crippen LogP contribution in [0.1, 0.15) is 38.8 Å². The van der Waals surface area contributed by atoms with Gasteiger partial charge in [0, 0.05) is 32.1 Å². The SMILES string of the molecule is CC(=O)N1CCc2cc(OCC(O)CNC(C)(C)C)ccc2C1. The van der Waals surface area contributed by atoms with Crippen molar-refractivity contribution in [3.05, 3.63) is 29.3 Å². The molecule has 5 nitrogen and oxygen atoms in total. The number of nitrogens with zero attached hydrogens (tertiary/aromatic N) is 1. The molecule has 0 aromatic heterocycles. The number of fused-ring (bicyclic) bond motifs is 1. The predicted octanol–water partition coefficient (Wildman–Crippen LogP) is 1.72. The minimum Gasteiger partial charge on any atom is -0.491 e.